The Bertz CT molecular complexity index is 667. The lowest BCUT2D eigenvalue weighted by Gasteiger charge is -2.49. The highest BCUT2D eigenvalue weighted by atomic mass is 16.8. The lowest BCUT2D eigenvalue weighted by atomic mass is 9.74. The van der Waals surface area contributed by atoms with Gasteiger partial charge in [-0.1, -0.05) is 32.6 Å². The maximum Gasteiger partial charge on any atom is 0.345 e. The van der Waals surface area contributed by atoms with Gasteiger partial charge in [-0.3, -0.25) is 0 Å². The normalized spacial score (nSPS) is 37.5. The summed E-state index contributed by atoms with van der Waals surface area (Å²) in [5.41, 5.74) is -6.07. The first-order valence-corrected chi connectivity index (χ1v) is 9.84. The molecule has 0 amide bonds. The number of aliphatic hydroxyl groups is 3. The van der Waals surface area contributed by atoms with E-state index in [0.29, 0.717) is 6.42 Å². The van der Waals surface area contributed by atoms with Crippen LogP contribution in [0.15, 0.2) is 0 Å². The zero-order valence-electron chi connectivity index (χ0n) is 17.6. The first-order valence-electron chi connectivity index (χ1n) is 9.84. The van der Waals surface area contributed by atoms with Crippen molar-refractivity contribution in [1.82, 2.24) is 0 Å². The van der Waals surface area contributed by atoms with E-state index < -0.39 is 53.2 Å². The molecule has 2 bridgehead atoms. The maximum absolute atomic E-state index is 12.8. The molecular weight excluding hydrogens is 404 g/mol. The van der Waals surface area contributed by atoms with Gasteiger partial charge in [0.2, 0.25) is 17.3 Å². The van der Waals surface area contributed by atoms with Crippen LogP contribution >= 0.6 is 0 Å². The smallest absolute Gasteiger partial charge is 0.345 e. The van der Waals surface area contributed by atoms with Gasteiger partial charge in [-0.15, -0.1) is 0 Å². The third kappa shape index (κ3) is 3.38. The second kappa shape index (κ2) is 9.15. The number of aliphatic hydroxyl groups excluding tert-OH is 2. The van der Waals surface area contributed by atoms with Gasteiger partial charge in [0.25, 0.3) is 0 Å². The van der Waals surface area contributed by atoms with Gasteiger partial charge in [0.05, 0.1) is 21.3 Å². The molecule has 0 unspecified atom stereocenters. The van der Waals surface area contributed by atoms with Gasteiger partial charge in [0.15, 0.2) is 5.79 Å². The Morgan fingerprint density at radius 3 is 2.03 bits per heavy atom. The number of ether oxygens (including phenoxy) is 5. The number of methoxy groups -OCH3 is 3. The Morgan fingerprint density at radius 2 is 1.50 bits per heavy atom. The summed E-state index contributed by atoms with van der Waals surface area (Å²) in [6, 6.07) is 0. The molecule has 0 aromatic rings. The summed E-state index contributed by atoms with van der Waals surface area (Å²) < 4.78 is 25.1. The van der Waals surface area contributed by atoms with Gasteiger partial charge in [-0.25, -0.2) is 14.4 Å². The average molecular weight is 434 g/mol. The van der Waals surface area contributed by atoms with E-state index in [1.54, 1.807) is 0 Å². The predicted octanol–water partition coefficient (Wildman–Crippen LogP) is -0.817. The Hall–Kier alpha value is -1.79. The lowest BCUT2D eigenvalue weighted by Crippen LogP contribution is -2.78. The number of unbranched alkanes of at least 4 members (excludes halogenated alkanes) is 4. The monoisotopic (exact) mass is 434 g/mol. The Balaban J connectivity index is 2.58. The minimum atomic E-state index is -3.19. The number of rotatable bonds is 9. The summed E-state index contributed by atoms with van der Waals surface area (Å²) in [6.07, 6.45) is -2.16. The summed E-state index contributed by atoms with van der Waals surface area (Å²) in [5.74, 6) is -6.17. The molecule has 30 heavy (non-hydrogen) atoms. The van der Waals surface area contributed by atoms with E-state index in [2.05, 4.69) is 14.2 Å². The van der Waals surface area contributed by atoms with E-state index in [9.17, 15) is 29.7 Å². The first kappa shape index (κ1) is 24.5. The van der Waals surface area contributed by atoms with Gasteiger partial charge in [-0.05, 0) is 6.42 Å². The SMILES string of the molecule is CCCCCCC[C@@]12O[C@H](C(=O)OC)[C@@](O)(C(=O)OC)[C@@](C(=O)OC)(O1)[C@H](O)[C@H]2O. The average Bonchev–Trinajstić information content (AvgIpc) is 2.95. The van der Waals surface area contributed by atoms with Crippen molar-refractivity contribution in [2.45, 2.75) is 80.7 Å². The van der Waals surface area contributed by atoms with Crippen molar-refractivity contribution in [3.8, 4) is 0 Å². The van der Waals surface area contributed by atoms with Crippen molar-refractivity contribution in [1.29, 1.82) is 0 Å². The zero-order valence-corrected chi connectivity index (χ0v) is 17.6. The quantitative estimate of drug-likeness (QED) is 0.236. The molecule has 2 aliphatic heterocycles. The largest absolute Gasteiger partial charge is 0.467 e. The van der Waals surface area contributed by atoms with Crippen LogP contribution in [0, 0.1) is 0 Å². The molecular formula is C19H30O11. The number of hydrogen-bond donors (Lipinski definition) is 3. The van der Waals surface area contributed by atoms with Crippen molar-refractivity contribution in [3.05, 3.63) is 0 Å². The van der Waals surface area contributed by atoms with Crippen LogP contribution in [-0.4, -0.2) is 89.9 Å². The lowest BCUT2D eigenvalue weighted by molar-refractivity contribution is -0.375. The van der Waals surface area contributed by atoms with E-state index in [4.69, 9.17) is 9.47 Å². The Morgan fingerprint density at radius 1 is 0.900 bits per heavy atom. The zero-order chi connectivity index (χ0) is 22.7. The van der Waals surface area contributed by atoms with Crippen LogP contribution in [-0.2, 0) is 38.1 Å². The predicted molar refractivity (Wildman–Crippen MR) is 97.8 cm³/mol. The number of esters is 3. The van der Waals surface area contributed by atoms with Crippen molar-refractivity contribution >= 4 is 17.9 Å². The van der Waals surface area contributed by atoms with Crippen molar-refractivity contribution in [2.75, 3.05) is 21.3 Å². The van der Waals surface area contributed by atoms with Crippen LogP contribution in [0.2, 0.25) is 0 Å². The molecule has 3 N–H and O–H groups in total. The Labute approximate surface area is 174 Å². The number of carbonyl (C=O) groups excluding carboxylic acids is 3. The van der Waals surface area contributed by atoms with Gasteiger partial charge in [-0.2, -0.15) is 0 Å². The highest BCUT2D eigenvalue weighted by molar-refractivity contribution is 5.99. The van der Waals surface area contributed by atoms with Crippen molar-refractivity contribution in [2.24, 2.45) is 0 Å². The molecule has 2 saturated heterocycles. The summed E-state index contributed by atoms with van der Waals surface area (Å²) in [4.78, 5) is 37.8. The van der Waals surface area contributed by atoms with E-state index in [0.717, 1.165) is 47.0 Å². The van der Waals surface area contributed by atoms with Gasteiger partial charge < -0.3 is 39.0 Å². The van der Waals surface area contributed by atoms with Crippen LogP contribution in [0.4, 0.5) is 0 Å². The third-order valence-electron chi connectivity index (χ3n) is 5.79. The van der Waals surface area contributed by atoms with E-state index in [-0.39, 0.29) is 6.42 Å². The summed E-state index contributed by atoms with van der Waals surface area (Å²) >= 11 is 0. The minimum Gasteiger partial charge on any atom is -0.467 e. The first-order chi connectivity index (χ1) is 14.1. The Kier molecular flexibility index (Phi) is 7.46. The van der Waals surface area contributed by atoms with Gasteiger partial charge in [0.1, 0.15) is 12.2 Å². The summed E-state index contributed by atoms with van der Waals surface area (Å²) in [6.45, 7) is 2.04. The van der Waals surface area contributed by atoms with Crippen molar-refractivity contribution < 1.29 is 53.4 Å². The minimum absolute atomic E-state index is 0.0293. The number of hydrogen-bond acceptors (Lipinski definition) is 11. The topological polar surface area (TPSA) is 158 Å². The van der Waals surface area contributed by atoms with Crippen molar-refractivity contribution in [3.63, 3.8) is 0 Å². The molecule has 0 aromatic heterocycles. The molecule has 0 aromatic carbocycles. The molecule has 6 atom stereocenters. The summed E-state index contributed by atoms with van der Waals surface area (Å²) in [5, 5.41) is 32.9. The molecule has 2 heterocycles. The molecule has 0 saturated carbocycles. The highest BCUT2D eigenvalue weighted by Gasteiger charge is 2.85. The molecule has 2 fully saturated rings. The van der Waals surface area contributed by atoms with Crippen LogP contribution in [0.25, 0.3) is 0 Å². The van der Waals surface area contributed by atoms with Gasteiger partial charge in [0, 0.05) is 6.42 Å². The molecule has 0 spiro atoms. The second-order valence-corrected chi connectivity index (χ2v) is 7.47. The standard InChI is InChI=1S/C19H30O11/c1-5-6-7-8-9-10-17-11(20)12(21)19(30-17,16(24)28-4)18(25,15(23)27-3)13(29-17)14(22)26-2/h11-13,20-21,25H,5-10H2,1-4H3/t11-,12-,13-,17-,18-,19-/m1/s1. The summed E-state index contributed by atoms with van der Waals surface area (Å²) in [7, 11) is 2.81. The second-order valence-electron chi connectivity index (χ2n) is 7.47. The van der Waals surface area contributed by atoms with Crippen LogP contribution in [0.3, 0.4) is 0 Å². The fraction of sp³-hybridized carbons (Fsp3) is 0.842. The molecule has 2 aliphatic rings. The van der Waals surface area contributed by atoms with Crippen LogP contribution in [0.5, 0.6) is 0 Å². The highest BCUT2D eigenvalue weighted by Crippen LogP contribution is 2.55. The van der Waals surface area contributed by atoms with E-state index in [1.807, 2.05) is 6.92 Å². The molecule has 172 valence electrons. The molecule has 11 heteroatoms. The van der Waals surface area contributed by atoms with E-state index >= 15 is 0 Å². The van der Waals surface area contributed by atoms with Crippen LogP contribution < -0.4 is 0 Å². The fourth-order valence-corrected chi connectivity index (χ4v) is 4.18. The fourth-order valence-electron chi connectivity index (χ4n) is 4.18. The van der Waals surface area contributed by atoms with E-state index in [1.165, 1.54) is 0 Å². The van der Waals surface area contributed by atoms with Crippen LogP contribution in [0.1, 0.15) is 45.4 Å². The third-order valence-corrected chi connectivity index (χ3v) is 5.79. The molecule has 11 nitrogen and oxygen atoms in total. The maximum atomic E-state index is 12.8. The molecule has 0 radical (unpaired) electrons. The molecule has 2 rings (SSSR count). The number of fused-ring (bicyclic) bond motifs is 2. The van der Waals surface area contributed by atoms with Gasteiger partial charge >= 0.3 is 17.9 Å². The number of carbonyl (C=O) groups is 3. The molecule has 0 aliphatic carbocycles.